The van der Waals surface area contributed by atoms with Crippen molar-refractivity contribution in [1.29, 1.82) is 0 Å². The first kappa shape index (κ1) is 16.0. The summed E-state index contributed by atoms with van der Waals surface area (Å²) in [4.78, 5) is 0. The van der Waals surface area contributed by atoms with Crippen LogP contribution in [0.1, 0.15) is 0 Å². The summed E-state index contributed by atoms with van der Waals surface area (Å²) in [6.45, 7) is 0. The van der Waals surface area contributed by atoms with Gasteiger partial charge in [0, 0.05) is 0 Å². The van der Waals surface area contributed by atoms with E-state index in [0.29, 0.717) is 0 Å². The van der Waals surface area contributed by atoms with Crippen LogP contribution in [-0.4, -0.2) is 0 Å². The van der Waals surface area contributed by atoms with Crippen molar-refractivity contribution < 1.29 is 14.5 Å². The predicted molar refractivity (Wildman–Crippen MR) is 27.9 cm³/mol. The van der Waals surface area contributed by atoms with Gasteiger partial charge in [0.1, 0.15) is 0 Å². The van der Waals surface area contributed by atoms with Crippen molar-refractivity contribution in [2.45, 2.75) is 0 Å². The first-order valence-corrected chi connectivity index (χ1v) is 10.2. The number of rotatable bonds is 0. The molecule has 0 aliphatic heterocycles. The predicted octanol–water partition coefficient (Wildman–Crippen LogP) is 2.01. The Hall–Kier alpha value is 1.57. The van der Waals surface area contributed by atoms with E-state index in [1.54, 1.807) is 0 Å². The van der Waals surface area contributed by atoms with Crippen molar-refractivity contribution in [3.8, 4) is 0 Å². The third kappa shape index (κ3) is 28.8. The van der Waals surface area contributed by atoms with Gasteiger partial charge in [-0.3, -0.25) is 0 Å². The zero-order valence-electron chi connectivity index (χ0n) is 2.49. The molecule has 0 rings (SSSR count). The van der Waals surface area contributed by atoms with Crippen molar-refractivity contribution in [2.24, 2.45) is 0 Å². The first-order chi connectivity index (χ1) is 1.41. The van der Waals surface area contributed by atoms with E-state index in [0.717, 1.165) is 0 Å². The molecule has 0 saturated carbocycles. The van der Waals surface area contributed by atoms with Gasteiger partial charge in [0.05, 0.1) is 0 Å². The van der Waals surface area contributed by atoms with E-state index in [1.807, 2.05) is 0 Å². The molecule has 6 N–H and O–H groups in total. The fourth-order valence-electron chi connectivity index (χ4n) is 0. The third-order valence-corrected chi connectivity index (χ3v) is 0. The Morgan fingerprint density at radius 1 is 1.00 bits per heavy atom. The van der Waals surface area contributed by atoms with E-state index in [-0.39, 0.29) is 26.8 Å². The van der Waals surface area contributed by atoms with E-state index < -0.39 is 0 Å². The van der Waals surface area contributed by atoms with Crippen LogP contribution >= 0.6 is 26.6 Å². The number of hydrogen-bond donors (Lipinski definition) is 2. The molecule has 0 unspecified atom stereocenters. The fraction of sp³-hybridized carbons (Fsp3) is 0. The van der Waals surface area contributed by atoms with Gasteiger partial charge in [-0.1, -0.05) is 0 Å². The van der Waals surface area contributed by atoms with Crippen LogP contribution in [0.2, 0.25) is 0 Å². The molecule has 5 heavy (non-hydrogen) atoms. The molecule has 0 radical (unpaired) electrons. The van der Waals surface area contributed by atoms with Gasteiger partial charge in [-0.15, -0.1) is 0 Å². The van der Waals surface area contributed by atoms with Crippen LogP contribution in [0.5, 0.6) is 0 Å². The molecule has 40 valence electrons. The van der Waals surface area contributed by atoms with Gasteiger partial charge in [0.25, 0.3) is 0 Å². The molecule has 0 atom stereocenters. The van der Waals surface area contributed by atoms with Crippen LogP contribution in [0.25, 0.3) is 0 Å². The van der Waals surface area contributed by atoms with Gasteiger partial charge in [-0.2, -0.15) is 0 Å². The Morgan fingerprint density at radius 3 is 1.00 bits per heavy atom. The molecule has 0 fully saturated rings. The van der Waals surface area contributed by atoms with Crippen LogP contribution in [0.3, 0.4) is 0 Å². The van der Waals surface area contributed by atoms with Crippen LogP contribution < -0.4 is 12.3 Å². The summed E-state index contributed by atoms with van der Waals surface area (Å²) in [5, 5.41) is 0. The summed E-state index contributed by atoms with van der Waals surface area (Å²) in [7, 11) is 0. The molecule has 0 heterocycles. The van der Waals surface area contributed by atoms with Gasteiger partial charge in [-0.05, 0) is 0 Å². The van der Waals surface area contributed by atoms with Crippen molar-refractivity contribution in [3.63, 3.8) is 0 Å². The molecule has 0 saturated heterocycles. The summed E-state index contributed by atoms with van der Waals surface area (Å²) in [5.74, 6) is 0. The molecule has 0 aliphatic carbocycles. The van der Waals surface area contributed by atoms with Gasteiger partial charge in [0.15, 0.2) is 0 Å². The van der Waals surface area contributed by atoms with Crippen LogP contribution in [0.4, 0.5) is 0 Å². The summed E-state index contributed by atoms with van der Waals surface area (Å²) >= 11 is 6.56. The SMILES string of the molecule is N.N.[Br][Pt][Br]. The topological polar surface area (TPSA) is 70.0 Å². The van der Waals surface area contributed by atoms with E-state index in [4.69, 9.17) is 0 Å². The summed E-state index contributed by atoms with van der Waals surface area (Å²) in [5.41, 5.74) is 0. The standard InChI is InChI=1S/2BrH.2H3N.Pt/h2*1H;2*1H3;/q;;;;+2/p-2. The molecule has 0 aromatic rings. The molecule has 5 heteroatoms. The van der Waals surface area contributed by atoms with Crippen molar-refractivity contribution in [1.82, 2.24) is 12.3 Å². The quantitative estimate of drug-likeness (QED) is 0.666. The molecule has 0 aromatic heterocycles. The molecular weight excluding hydrogens is 383 g/mol. The minimum absolute atomic E-state index is 0. The Bertz CT molecular complexity index is 7.61. The van der Waals surface area contributed by atoms with Gasteiger partial charge < -0.3 is 12.3 Å². The van der Waals surface area contributed by atoms with Crippen molar-refractivity contribution >= 4 is 26.6 Å². The molecule has 0 spiro atoms. The van der Waals surface area contributed by atoms with Crippen LogP contribution in [-0.2, 0) is 14.5 Å². The number of hydrogen-bond acceptors (Lipinski definition) is 2. The maximum atomic E-state index is 3.17. The second kappa shape index (κ2) is 17.6. The van der Waals surface area contributed by atoms with E-state index in [1.165, 1.54) is 0 Å². The van der Waals surface area contributed by atoms with Gasteiger partial charge in [0.2, 0.25) is 0 Å². The summed E-state index contributed by atoms with van der Waals surface area (Å²) < 4.78 is 0. The van der Waals surface area contributed by atoms with Crippen LogP contribution in [0, 0.1) is 0 Å². The summed E-state index contributed by atoms with van der Waals surface area (Å²) in [6, 6.07) is 0. The Labute approximate surface area is 53.1 Å². The molecule has 2 nitrogen and oxygen atoms in total. The Morgan fingerprint density at radius 2 is 1.00 bits per heavy atom. The maximum absolute atomic E-state index is 3.17. The average Bonchev–Trinajstić information content (AvgIpc) is 0.918. The normalized spacial score (nSPS) is 4.40. The van der Waals surface area contributed by atoms with Crippen molar-refractivity contribution in [3.05, 3.63) is 0 Å². The monoisotopic (exact) mass is 387 g/mol. The zero-order valence-corrected chi connectivity index (χ0v) is 7.93. The summed E-state index contributed by atoms with van der Waals surface area (Å²) in [6.07, 6.45) is 0. The molecule has 0 aromatic carbocycles. The minimum atomic E-state index is 0. The first-order valence-electron chi connectivity index (χ1n) is 0.239. The Balaban J connectivity index is -0.0000000200. The van der Waals surface area contributed by atoms with E-state index >= 15 is 0 Å². The second-order valence-electron chi connectivity index (χ2n) is 0.0452. The van der Waals surface area contributed by atoms with Crippen molar-refractivity contribution in [2.75, 3.05) is 0 Å². The molecular formula is H6Br2N2Pt. The average molecular weight is 389 g/mol. The molecule has 0 aliphatic rings. The second-order valence-corrected chi connectivity index (χ2v) is 9.98. The Kier molecular flexibility index (Phi) is 56.4. The van der Waals surface area contributed by atoms with E-state index in [2.05, 4.69) is 26.6 Å². The van der Waals surface area contributed by atoms with Gasteiger partial charge >= 0.3 is 41.0 Å². The number of halogens is 2. The van der Waals surface area contributed by atoms with E-state index in [9.17, 15) is 0 Å². The van der Waals surface area contributed by atoms with Gasteiger partial charge in [-0.25, -0.2) is 0 Å². The molecule has 0 amide bonds. The third-order valence-electron chi connectivity index (χ3n) is 0. The fourth-order valence-corrected chi connectivity index (χ4v) is 0. The zero-order chi connectivity index (χ0) is 2.71. The molecule has 0 bridgehead atoms. The van der Waals surface area contributed by atoms with Crippen LogP contribution in [0.15, 0.2) is 0 Å².